The lowest BCUT2D eigenvalue weighted by Crippen LogP contribution is -1.96. The third-order valence-electron chi connectivity index (χ3n) is 2.27. The second-order valence-electron chi connectivity index (χ2n) is 3.94. The highest BCUT2D eigenvalue weighted by Crippen LogP contribution is 1.97. The van der Waals surface area contributed by atoms with E-state index in [1.54, 1.807) is 12.4 Å². The van der Waals surface area contributed by atoms with Gasteiger partial charge >= 0.3 is 0 Å². The molecule has 1 heterocycles. The predicted molar refractivity (Wildman–Crippen MR) is 71.9 cm³/mol. The van der Waals surface area contributed by atoms with Crippen LogP contribution in [0.1, 0.15) is 52.4 Å². The summed E-state index contributed by atoms with van der Waals surface area (Å²) in [6, 6.07) is 3.65. The van der Waals surface area contributed by atoms with Crippen LogP contribution in [0.25, 0.3) is 0 Å². The van der Waals surface area contributed by atoms with Crippen LogP contribution in [0.2, 0.25) is 0 Å². The van der Waals surface area contributed by atoms with Gasteiger partial charge < -0.3 is 4.74 Å². The molecule has 0 spiro atoms. The average Bonchev–Trinajstić information content (AvgIpc) is 2.41. The van der Waals surface area contributed by atoms with Gasteiger partial charge in [0.15, 0.2) is 0 Å². The van der Waals surface area contributed by atoms with Crippen molar-refractivity contribution in [3.05, 3.63) is 24.5 Å². The highest BCUT2D eigenvalue weighted by molar-refractivity contribution is 4.79. The number of hydrogen-bond acceptors (Lipinski definition) is 3. The van der Waals surface area contributed by atoms with Gasteiger partial charge in [0.25, 0.3) is 0 Å². The fourth-order valence-corrected chi connectivity index (χ4v) is 1.26. The summed E-state index contributed by atoms with van der Waals surface area (Å²) >= 11 is 0. The zero-order valence-corrected chi connectivity index (χ0v) is 11.3. The average molecular weight is 238 g/mol. The van der Waals surface area contributed by atoms with Crippen LogP contribution in [-0.4, -0.2) is 23.4 Å². The highest BCUT2D eigenvalue weighted by atomic mass is 16.5. The van der Waals surface area contributed by atoms with Gasteiger partial charge in [-0.05, 0) is 25.0 Å². The number of aromatic nitrogens is 2. The maximum Gasteiger partial charge on any atom is 0.0496 e. The van der Waals surface area contributed by atoms with Crippen molar-refractivity contribution >= 4 is 0 Å². The molecule has 3 nitrogen and oxygen atoms in total. The standard InChI is InChI=1S/C10H22O.C4H4N2/c1-3-5-7-9-11-10-8-6-4-2;1-2-4-6-5-3-1/h3-10H2,1-2H3;1-4H. The summed E-state index contributed by atoms with van der Waals surface area (Å²) in [5.74, 6) is 0. The van der Waals surface area contributed by atoms with E-state index in [9.17, 15) is 0 Å². The van der Waals surface area contributed by atoms with Crippen molar-refractivity contribution in [3.8, 4) is 0 Å². The molecule has 0 aliphatic rings. The fraction of sp³-hybridized carbons (Fsp3) is 0.714. The third kappa shape index (κ3) is 15.0. The molecule has 0 fully saturated rings. The SMILES string of the molecule is CCCCCOCCCCC.c1ccnnc1. The van der Waals surface area contributed by atoms with Crippen molar-refractivity contribution in [2.45, 2.75) is 52.4 Å². The van der Waals surface area contributed by atoms with Crippen molar-refractivity contribution in [2.24, 2.45) is 0 Å². The summed E-state index contributed by atoms with van der Waals surface area (Å²) in [7, 11) is 0. The number of nitrogens with zero attached hydrogens (tertiary/aromatic N) is 2. The van der Waals surface area contributed by atoms with Crippen LogP contribution in [0.5, 0.6) is 0 Å². The molecule has 0 aliphatic carbocycles. The van der Waals surface area contributed by atoms with Gasteiger partial charge in [-0.1, -0.05) is 39.5 Å². The van der Waals surface area contributed by atoms with Crippen LogP contribution in [0, 0.1) is 0 Å². The van der Waals surface area contributed by atoms with Gasteiger partial charge in [-0.3, -0.25) is 0 Å². The van der Waals surface area contributed by atoms with Gasteiger partial charge in [-0.2, -0.15) is 10.2 Å². The van der Waals surface area contributed by atoms with E-state index < -0.39 is 0 Å². The molecular formula is C14H26N2O. The number of hydrogen-bond donors (Lipinski definition) is 0. The summed E-state index contributed by atoms with van der Waals surface area (Å²) in [4.78, 5) is 0. The Hall–Kier alpha value is -0.960. The van der Waals surface area contributed by atoms with Gasteiger partial charge in [0.1, 0.15) is 0 Å². The Kier molecular flexibility index (Phi) is 14.2. The molecule has 17 heavy (non-hydrogen) atoms. The van der Waals surface area contributed by atoms with Crippen LogP contribution >= 0.6 is 0 Å². The lowest BCUT2D eigenvalue weighted by molar-refractivity contribution is 0.126. The molecule has 0 saturated carbocycles. The lowest BCUT2D eigenvalue weighted by atomic mass is 10.2. The summed E-state index contributed by atoms with van der Waals surface area (Å²) in [6.45, 7) is 6.38. The zero-order valence-electron chi connectivity index (χ0n) is 11.3. The first kappa shape index (κ1) is 16.0. The molecule has 1 rings (SSSR count). The molecule has 3 heteroatoms. The van der Waals surface area contributed by atoms with Gasteiger partial charge in [0.2, 0.25) is 0 Å². The maximum atomic E-state index is 5.44. The summed E-state index contributed by atoms with van der Waals surface area (Å²) in [5.41, 5.74) is 0. The van der Waals surface area contributed by atoms with Crippen molar-refractivity contribution < 1.29 is 4.74 Å². The van der Waals surface area contributed by atoms with E-state index in [1.807, 2.05) is 12.1 Å². The minimum Gasteiger partial charge on any atom is -0.381 e. The summed E-state index contributed by atoms with van der Waals surface area (Å²) < 4.78 is 5.44. The van der Waals surface area contributed by atoms with E-state index in [4.69, 9.17) is 4.74 Å². The number of unbranched alkanes of at least 4 members (excludes halogenated alkanes) is 4. The Bertz CT molecular complexity index is 182. The van der Waals surface area contributed by atoms with Crippen LogP contribution in [0.3, 0.4) is 0 Å². The van der Waals surface area contributed by atoms with Gasteiger partial charge in [0.05, 0.1) is 0 Å². The second-order valence-corrected chi connectivity index (χ2v) is 3.94. The third-order valence-corrected chi connectivity index (χ3v) is 2.27. The van der Waals surface area contributed by atoms with Gasteiger partial charge in [-0.15, -0.1) is 0 Å². The Morgan fingerprint density at radius 3 is 1.53 bits per heavy atom. The Labute approximate surface area is 106 Å². The van der Waals surface area contributed by atoms with E-state index in [-0.39, 0.29) is 0 Å². The Morgan fingerprint density at radius 2 is 1.24 bits per heavy atom. The molecule has 1 aromatic heterocycles. The molecule has 0 aromatic carbocycles. The number of ether oxygens (including phenoxy) is 1. The molecule has 0 bridgehead atoms. The quantitative estimate of drug-likeness (QED) is 0.645. The topological polar surface area (TPSA) is 35.0 Å². The van der Waals surface area contributed by atoms with E-state index in [2.05, 4.69) is 24.0 Å². The minimum absolute atomic E-state index is 0.970. The first-order valence-corrected chi connectivity index (χ1v) is 6.71. The molecule has 1 aromatic rings. The van der Waals surface area contributed by atoms with Crippen LogP contribution in [0.15, 0.2) is 24.5 Å². The summed E-state index contributed by atoms with van der Waals surface area (Å²) in [6.07, 6.45) is 11.0. The van der Waals surface area contributed by atoms with E-state index >= 15 is 0 Å². The van der Waals surface area contributed by atoms with Crippen molar-refractivity contribution in [1.29, 1.82) is 0 Å². The zero-order chi connectivity index (χ0) is 12.6. The molecule has 0 amide bonds. The lowest BCUT2D eigenvalue weighted by Gasteiger charge is -2.01. The Balaban J connectivity index is 0.000000354. The Morgan fingerprint density at radius 1 is 0.765 bits per heavy atom. The van der Waals surface area contributed by atoms with Crippen LogP contribution in [0.4, 0.5) is 0 Å². The molecule has 0 atom stereocenters. The largest absolute Gasteiger partial charge is 0.381 e. The molecule has 0 radical (unpaired) electrons. The second kappa shape index (κ2) is 15.0. The maximum absolute atomic E-state index is 5.44. The molecule has 98 valence electrons. The summed E-state index contributed by atoms with van der Waals surface area (Å²) in [5, 5.41) is 7.07. The predicted octanol–water partition coefficient (Wildman–Crippen LogP) is 3.86. The van der Waals surface area contributed by atoms with E-state index in [0.29, 0.717) is 0 Å². The molecule has 0 N–H and O–H groups in total. The first-order valence-electron chi connectivity index (χ1n) is 6.71. The monoisotopic (exact) mass is 238 g/mol. The van der Waals surface area contributed by atoms with Crippen molar-refractivity contribution in [1.82, 2.24) is 10.2 Å². The van der Waals surface area contributed by atoms with Gasteiger partial charge in [0, 0.05) is 25.6 Å². The van der Waals surface area contributed by atoms with E-state index in [0.717, 1.165) is 13.2 Å². The fourth-order valence-electron chi connectivity index (χ4n) is 1.26. The van der Waals surface area contributed by atoms with Crippen LogP contribution in [-0.2, 0) is 4.74 Å². The molecule has 0 aliphatic heterocycles. The van der Waals surface area contributed by atoms with Crippen molar-refractivity contribution in [2.75, 3.05) is 13.2 Å². The number of rotatable bonds is 8. The van der Waals surface area contributed by atoms with Crippen LogP contribution < -0.4 is 0 Å². The molecule has 0 unspecified atom stereocenters. The normalized spacial score (nSPS) is 9.53. The smallest absolute Gasteiger partial charge is 0.0496 e. The molecule has 0 saturated heterocycles. The highest BCUT2D eigenvalue weighted by Gasteiger charge is 1.88. The molecular weight excluding hydrogens is 212 g/mol. The van der Waals surface area contributed by atoms with E-state index in [1.165, 1.54) is 38.5 Å². The van der Waals surface area contributed by atoms with Crippen molar-refractivity contribution in [3.63, 3.8) is 0 Å². The first-order chi connectivity index (χ1) is 8.41. The van der Waals surface area contributed by atoms with Gasteiger partial charge in [-0.25, -0.2) is 0 Å². The minimum atomic E-state index is 0.970.